The zero-order valence-corrected chi connectivity index (χ0v) is 10.3. The second kappa shape index (κ2) is 3.72. The maximum absolute atomic E-state index is 9.74. The van der Waals surface area contributed by atoms with E-state index >= 15 is 0 Å². The Morgan fingerprint density at radius 1 is 1.35 bits per heavy atom. The summed E-state index contributed by atoms with van der Waals surface area (Å²) < 4.78 is 5.65. The van der Waals surface area contributed by atoms with Gasteiger partial charge < -0.3 is 15.2 Å². The highest BCUT2D eigenvalue weighted by Gasteiger charge is 2.48. The molecule has 0 bridgehead atoms. The number of hydrogen-bond donors (Lipinski definition) is 2. The Kier molecular flexibility index (Phi) is 2.42. The van der Waals surface area contributed by atoms with Crippen LogP contribution in [-0.2, 0) is 0 Å². The Morgan fingerprint density at radius 2 is 2.12 bits per heavy atom. The Hall–Kier alpha value is -1.06. The van der Waals surface area contributed by atoms with Gasteiger partial charge in [-0.3, -0.25) is 0 Å². The van der Waals surface area contributed by atoms with Gasteiger partial charge in [0.1, 0.15) is 12.4 Å². The van der Waals surface area contributed by atoms with Gasteiger partial charge in [-0.25, -0.2) is 0 Å². The van der Waals surface area contributed by atoms with E-state index in [9.17, 15) is 5.11 Å². The summed E-state index contributed by atoms with van der Waals surface area (Å²) >= 11 is 0. The average Bonchev–Trinajstić information content (AvgIpc) is 2.72. The molecule has 3 rings (SSSR count). The molecule has 1 aliphatic carbocycles. The van der Waals surface area contributed by atoms with Crippen LogP contribution in [0.25, 0.3) is 0 Å². The van der Waals surface area contributed by atoms with Crippen molar-refractivity contribution in [3.63, 3.8) is 0 Å². The van der Waals surface area contributed by atoms with Crippen LogP contribution < -0.4 is 10.1 Å². The molecule has 92 valence electrons. The fourth-order valence-corrected chi connectivity index (χ4v) is 2.73. The number of aliphatic hydroxyl groups is 1. The van der Waals surface area contributed by atoms with E-state index < -0.39 is 0 Å². The molecule has 3 nitrogen and oxygen atoms in total. The average molecular weight is 233 g/mol. The van der Waals surface area contributed by atoms with E-state index in [4.69, 9.17) is 4.74 Å². The van der Waals surface area contributed by atoms with Crippen molar-refractivity contribution in [2.24, 2.45) is 5.41 Å². The van der Waals surface area contributed by atoms with Crippen LogP contribution in [-0.4, -0.2) is 23.9 Å². The largest absolute Gasteiger partial charge is 0.491 e. The van der Waals surface area contributed by atoms with Crippen molar-refractivity contribution in [2.75, 3.05) is 6.61 Å². The summed E-state index contributed by atoms with van der Waals surface area (Å²) in [5.74, 6) is 0.989. The molecule has 1 aromatic carbocycles. The molecule has 1 aliphatic heterocycles. The number of para-hydroxylation sites is 1. The van der Waals surface area contributed by atoms with E-state index in [0.717, 1.165) is 12.2 Å². The highest BCUT2D eigenvalue weighted by molar-refractivity contribution is 5.39. The molecule has 0 saturated heterocycles. The Bertz CT molecular complexity index is 430. The van der Waals surface area contributed by atoms with Gasteiger partial charge in [-0.15, -0.1) is 0 Å². The first kappa shape index (κ1) is 11.1. The topological polar surface area (TPSA) is 41.5 Å². The van der Waals surface area contributed by atoms with Crippen molar-refractivity contribution in [3.05, 3.63) is 29.8 Å². The molecule has 2 aliphatic rings. The smallest absolute Gasteiger partial charge is 0.124 e. The van der Waals surface area contributed by atoms with Gasteiger partial charge in [0.05, 0.1) is 12.1 Å². The lowest BCUT2D eigenvalue weighted by Crippen LogP contribution is -2.60. The molecule has 3 unspecified atom stereocenters. The molecule has 3 atom stereocenters. The monoisotopic (exact) mass is 233 g/mol. The molecule has 2 N–H and O–H groups in total. The predicted octanol–water partition coefficient (Wildman–Crippen LogP) is 1.87. The number of aliphatic hydroxyl groups excluding tert-OH is 1. The molecule has 0 radical (unpaired) electrons. The second-order valence-electron chi connectivity index (χ2n) is 5.69. The summed E-state index contributed by atoms with van der Waals surface area (Å²) in [6.07, 6.45) is 0.656. The van der Waals surface area contributed by atoms with E-state index in [-0.39, 0.29) is 17.6 Å². The normalized spacial score (nSPS) is 33.7. The van der Waals surface area contributed by atoms with Crippen LogP contribution in [0, 0.1) is 5.41 Å². The van der Waals surface area contributed by atoms with Crippen LogP contribution in [0.2, 0.25) is 0 Å². The first-order valence-corrected chi connectivity index (χ1v) is 6.25. The minimum atomic E-state index is -0.183. The van der Waals surface area contributed by atoms with Gasteiger partial charge in [-0.1, -0.05) is 32.0 Å². The third-order valence-electron chi connectivity index (χ3n) is 4.32. The lowest BCUT2D eigenvalue weighted by molar-refractivity contribution is -0.0765. The van der Waals surface area contributed by atoms with Gasteiger partial charge in [0.25, 0.3) is 0 Å². The minimum absolute atomic E-state index is 0.0302. The van der Waals surface area contributed by atoms with Crippen molar-refractivity contribution >= 4 is 0 Å². The predicted molar refractivity (Wildman–Crippen MR) is 66.0 cm³/mol. The quantitative estimate of drug-likeness (QED) is 0.819. The molecular weight excluding hydrogens is 214 g/mol. The number of nitrogens with one attached hydrogen (secondary N) is 1. The SMILES string of the molecule is CC1(C)C(O)CC1NC1COc2ccccc21. The standard InChI is InChI=1S/C14H19NO2/c1-14(2)12(7-13(14)16)15-10-8-17-11-6-4-3-5-9(10)11/h3-6,10,12-13,15-16H,7-8H2,1-2H3. The molecule has 1 fully saturated rings. The van der Waals surface area contributed by atoms with Crippen molar-refractivity contribution in [2.45, 2.75) is 38.5 Å². The maximum Gasteiger partial charge on any atom is 0.124 e. The third kappa shape index (κ3) is 1.65. The van der Waals surface area contributed by atoms with Gasteiger partial charge in [-0.05, 0) is 12.5 Å². The summed E-state index contributed by atoms with van der Waals surface area (Å²) in [5, 5.41) is 13.4. The summed E-state index contributed by atoms with van der Waals surface area (Å²) in [6.45, 7) is 4.92. The number of hydrogen-bond acceptors (Lipinski definition) is 3. The Balaban J connectivity index is 1.73. The number of benzene rings is 1. The summed E-state index contributed by atoms with van der Waals surface area (Å²) in [6, 6.07) is 8.81. The van der Waals surface area contributed by atoms with E-state index in [2.05, 4.69) is 25.2 Å². The van der Waals surface area contributed by atoms with Crippen LogP contribution in [0.4, 0.5) is 0 Å². The lowest BCUT2D eigenvalue weighted by atomic mass is 9.64. The highest BCUT2D eigenvalue weighted by Crippen LogP contribution is 2.43. The maximum atomic E-state index is 9.74. The van der Waals surface area contributed by atoms with Crippen molar-refractivity contribution in [1.29, 1.82) is 0 Å². The van der Waals surface area contributed by atoms with Crippen molar-refractivity contribution in [1.82, 2.24) is 5.32 Å². The fraction of sp³-hybridized carbons (Fsp3) is 0.571. The number of rotatable bonds is 2. The minimum Gasteiger partial charge on any atom is -0.491 e. The van der Waals surface area contributed by atoms with E-state index in [0.29, 0.717) is 12.6 Å². The fourth-order valence-electron chi connectivity index (χ4n) is 2.73. The summed E-state index contributed by atoms with van der Waals surface area (Å²) in [4.78, 5) is 0. The number of ether oxygens (including phenoxy) is 1. The van der Waals surface area contributed by atoms with E-state index in [1.54, 1.807) is 0 Å². The molecule has 17 heavy (non-hydrogen) atoms. The second-order valence-corrected chi connectivity index (χ2v) is 5.69. The van der Waals surface area contributed by atoms with Gasteiger partial charge in [0, 0.05) is 17.0 Å². The summed E-state index contributed by atoms with van der Waals surface area (Å²) in [5.41, 5.74) is 1.21. The lowest BCUT2D eigenvalue weighted by Gasteiger charge is -2.50. The molecule has 3 heteroatoms. The molecule has 0 spiro atoms. The molecule has 0 amide bonds. The van der Waals surface area contributed by atoms with E-state index in [1.807, 2.05) is 18.2 Å². The first-order valence-electron chi connectivity index (χ1n) is 6.25. The Morgan fingerprint density at radius 3 is 2.82 bits per heavy atom. The molecule has 1 heterocycles. The number of fused-ring (bicyclic) bond motifs is 1. The first-order chi connectivity index (χ1) is 8.09. The van der Waals surface area contributed by atoms with Crippen LogP contribution in [0.3, 0.4) is 0 Å². The highest BCUT2D eigenvalue weighted by atomic mass is 16.5. The Labute approximate surface area is 102 Å². The molecule has 0 aromatic heterocycles. The van der Waals surface area contributed by atoms with Gasteiger partial charge >= 0.3 is 0 Å². The zero-order valence-electron chi connectivity index (χ0n) is 10.3. The molecular formula is C14H19NO2. The van der Waals surface area contributed by atoms with Crippen LogP contribution in [0.15, 0.2) is 24.3 Å². The van der Waals surface area contributed by atoms with Crippen LogP contribution >= 0.6 is 0 Å². The summed E-state index contributed by atoms with van der Waals surface area (Å²) in [7, 11) is 0. The van der Waals surface area contributed by atoms with E-state index in [1.165, 1.54) is 5.56 Å². The van der Waals surface area contributed by atoms with Crippen LogP contribution in [0.5, 0.6) is 5.75 Å². The van der Waals surface area contributed by atoms with Gasteiger partial charge in [-0.2, -0.15) is 0 Å². The third-order valence-corrected chi connectivity index (χ3v) is 4.32. The van der Waals surface area contributed by atoms with Gasteiger partial charge in [0.2, 0.25) is 0 Å². The molecule has 1 saturated carbocycles. The zero-order chi connectivity index (χ0) is 12.0. The van der Waals surface area contributed by atoms with Gasteiger partial charge in [0.15, 0.2) is 0 Å². The van der Waals surface area contributed by atoms with Crippen molar-refractivity contribution < 1.29 is 9.84 Å². The molecule has 1 aromatic rings. The van der Waals surface area contributed by atoms with Crippen LogP contribution in [0.1, 0.15) is 31.9 Å². The van der Waals surface area contributed by atoms with Crippen molar-refractivity contribution in [3.8, 4) is 5.75 Å².